The lowest BCUT2D eigenvalue weighted by Crippen LogP contribution is -2.52. The maximum atomic E-state index is 6.43. The molecule has 0 saturated heterocycles. The molecule has 3 saturated carbocycles. The number of ether oxygens (including phenoxy) is 1. The quantitative estimate of drug-likeness (QED) is 0.117. The molecule has 50 heavy (non-hydrogen) atoms. The molecular weight excluding hydrogens is 613 g/mol. The standard InChI is InChI=1S/C33H52N2O.C6H12N2.3C2H6/c1-21(2)7-6-8-22(3)27-12-13-28-26-11-9-23-19-25(36-31-14-10-24(34)20-30(31)35)15-17-32(23,4)29(26)16-18-33(27,28)5;1-3-6(8)4-5(2)7;3*1-2/h9-11,14,20-23,25-29H,6-8,12-13,15-19,34-35H2,1-5H3;4H,2-3,7-8H2,1H3;3*1-2H3/b;6-4+;;;. The third kappa shape index (κ3) is 11.5. The third-order valence-corrected chi connectivity index (χ3v) is 12.4. The van der Waals surface area contributed by atoms with E-state index in [0.29, 0.717) is 33.8 Å². The zero-order valence-corrected chi connectivity index (χ0v) is 34.8. The van der Waals surface area contributed by atoms with E-state index in [9.17, 15) is 0 Å². The van der Waals surface area contributed by atoms with Gasteiger partial charge in [0.2, 0.25) is 0 Å². The molecule has 0 aliphatic heterocycles. The molecule has 0 spiro atoms. The van der Waals surface area contributed by atoms with Gasteiger partial charge in [-0.05, 0) is 128 Å². The maximum Gasteiger partial charge on any atom is 0.142 e. The van der Waals surface area contributed by atoms with Gasteiger partial charge in [-0.3, -0.25) is 0 Å². The predicted molar refractivity (Wildman–Crippen MR) is 223 cm³/mol. The van der Waals surface area contributed by atoms with Crippen molar-refractivity contribution in [1.82, 2.24) is 0 Å². The smallest absolute Gasteiger partial charge is 0.142 e. The Bertz CT molecular complexity index is 1190. The first-order valence-corrected chi connectivity index (χ1v) is 20.7. The van der Waals surface area contributed by atoms with Gasteiger partial charge in [-0.2, -0.15) is 0 Å². The van der Waals surface area contributed by atoms with Crippen LogP contribution in [-0.2, 0) is 0 Å². The summed E-state index contributed by atoms with van der Waals surface area (Å²) in [5.74, 6) is 6.54. The fourth-order valence-electron chi connectivity index (χ4n) is 9.91. The largest absolute Gasteiger partial charge is 0.488 e. The number of benzene rings is 1. The summed E-state index contributed by atoms with van der Waals surface area (Å²) in [6.45, 7) is 30.1. The molecule has 0 bridgehead atoms. The third-order valence-electron chi connectivity index (χ3n) is 12.4. The van der Waals surface area contributed by atoms with Crippen LogP contribution in [0.4, 0.5) is 11.4 Å². The molecule has 4 aliphatic rings. The second-order valence-corrected chi connectivity index (χ2v) is 15.8. The van der Waals surface area contributed by atoms with Gasteiger partial charge in [0.25, 0.3) is 0 Å². The molecule has 8 N–H and O–H groups in total. The Labute approximate surface area is 310 Å². The highest BCUT2D eigenvalue weighted by molar-refractivity contribution is 5.60. The van der Waals surface area contributed by atoms with Gasteiger partial charge >= 0.3 is 0 Å². The molecule has 5 nitrogen and oxygen atoms in total. The fraction of sp³-hybridized carbons (Fsp3) is 0.733. The highest BCUT2D eigenvalue weighted by Crippen LogP contribution is 2.67. The Morgan fingerprint density at radius 2 is 1.50 bits per heavy atom. The fourth-order valence-corrected chi connectivity index (χ4v) is 9.91. The van der Waals surface area contributed by atoms with Crippen LogP contribution in [0.5, 0.6) is 5.75 Å². The summed E-state index contributed by atoms with van der Waals surface area (Å²) in [5, 5.41) is 0. The van der Waals surface area contributed by atoms with Gasteiger partial charge < -0.3 is 27.7 Å². The van der Waals surface area contributed by atoms with Gasteiger partial charge in [0.15, 0.2) is 0 Å². The summed E-state index contributed by atoms with van der Waals surface area (Å²) in [5.41, 5.74) is 26.3. The number of allylic oxidation sites excluding steroid dienone is 4. The Kier molecular flexibility index (Phi) is 19.8. The summed E-state index contributed by atoms with van der Waals surface area (Å²) in [6, 6.07) is 5.64. The van der Waals surface area contributed by atoms with Gasteiger partial charge in [0, 0.05) is 17.1 Å². The molecule has 9 unspecified atom stereocenters. The van der Waals surface area contributed by atoms with Crippen LogP contribution in [0, 0.1) is 52.3 Å². The Balaban J connectivity index is 0.000000772. The van der Waals surface area contributed by atoms with Crippen molar-refractivity contribution in [3.8, 4) is 5.75 Å². The lowest BCUT2D eigenvalue weighted by molar-refractivity contribution is -0.0782. The lowest BCUT2D eigenvalue weighted by atomic mass is 9.46. The van der Waals surface area contributed by atoms with Crippen molar-refractivity contribution in [1.29, 1.82) is 0 Å². The van der Waals surface area contributed by atoms with E-state index in [1.54, 1.807) is 6.08 Å². The zero-order valence-electron chi connectivity index (χ0n) is 34.8. The number of nitrogens with two attached hydrogens (primary N) is 4. The number of hydrogen-bond acceptors (Lipinski definition) is 5. The molecule has 4 aliphatic carbocycles. The minimum absolute atomic E-state index is 0.242. The number of fused-ring (bicyclic) bond motifs is 5. The van der Waals surface area contributed by atoms with Crippen molar-refractivity contribution in [2.75, 3.05) is 11.5 Å². The van der Waals surface area contributed by atoms with Gasteiger partial charge in [-0.15, -0.1) is 0 Å². The molecule has 288 valence electrons. The molecule has 1 aromatic rings. The first-order valence-electron chi connectivity index (χ1n) is 20.7. The monoisotopic (exact) mass is 695 g/mol. The first-order chi connectivity index (χ1) is 23.8. The van der Waals surface area contributed by atoms with Crippen LogP contribution in [0.1, 0.15) is 154 Å². The summed E-state index contributed by atoms with van der Waals surface area (Å²) in [4.78, 5) is 0. The average Bonchev–Trinajstić information content (AvgIpc) is 3.46. The second kappa shape index (κ2) is 21.7. The van der Waals surface area contributed by atoms with Crippen LogP contribution in [0.25, 0.3) is 0 Å². The van der Waals surface area contributed by atoms with E-state index in [-0.39, 0.29) is 6.10 Å². The molecule has 5 rings (SSSR count). The highest BCUT2D eigenvalue weighted by Gasteiger charge is 2.59. The average molecular weight is 695 g/mol. The number of rotatable bonds is 9. The summed E-state index contributed by atoms with van der Waals surface area (Å²) in [6.07, 6.45) is 21.5. The summed E-state index contributed by atoms with van der Waals surface area (Å²) in [7, 11) is 0. The van der Waals surface area contributed by atoms with Crippen molar-refractivity contribution < 1.29 is 4.74 Å². The van der Waals surface area contributed by atoms with E-state index in [2.05, 4.69) is 53.3 Å². The van der Waals surface area contributed by atoms with E-state index >= 15 is 0 Å². The van der Waals surface area contributed by atoms with Crippen molar-refractivity contribution in [3.05, 3.63) is 54.4 Å². The van der Waals surface area contributed by atoms with E-state index in [1.165, 1.54) is 51.4 Å². The normalized spacial score (nSPS) is 31.3. The Morgan fingerprint density at radius 1 is 0.880 bits per heavy atom. The molecular formula is C45H82N4O. The van der Waals surface area contributed by atoms with Gasteiger partial charge in [0.05, 0.1) is 11.8 Å². The summed E-state index contributed by atoms with van der Waals surface area (Å²) >= 11 is 0. The number of anilines is 2. The topological polar surface area (TPSA) is 113 Å². The van der Waals surface area contributed by atoms with Crippen molar-refractivity contribution in [2.24, 2.45) is 63.7 Å². The molecule has 5 heteroatoms. The van der Waals surface area contributed by atoms with Crippen LogP contribution in [0.3, 0.4) is 0 Å². The maximum absolute atomic E-state index is 6.43. The molecule has 0 amide bonds. The molecule has 9 atom stereocenters. The number of nitrogen functional groups attached to an aromatic ring is 2. The van der Waals surface area contributed by atoms with E-state index < -0.39 is 0 Å². The highest BCUT2D eigenvalue weighted by atomic mass is 16.5. The second-order valence-electron chi connectivity index (χ2n) is 15.8. The SMILES string of the molecule is C=C(N)/C=C(/N)CC.CC.CC.CC.CC(C)CCCC(C)C1CCC2C3C=CC4CC(Oc5ccc(N)cc5N)CCC4(C)C3CCC12C. The minimum atomic E-state index is 0.242. The first kappa shape index (κ1) is 45.5. The van der Waals surface area contributed by atoms with Crippen LogP contribution in [0.2, 0.25) is 0 Å². The van der Waals surface area contributed by atoms with Crippen LogP contribution < -0.4 is 27.7 Å². The lowest BCUT2D eigenvalue weighted by Gasteiger charge is -2.59. The zero-order chi connectivity index (χ0) is 38.2. The van der Waals surface area contributed by atoms with Crippen molar-refractivity contribution in [3.63, 3.8) is 0 Å². The summed E-state index contributed by atoms with van der Waals surface area (Å²) < 4.78 is 6.43. The van der Waals surface area contributed by atoms with Gasteiger partial charge in [0.1, 0.15) is 5.75 Å². The minimum Gasteiger partial charge on any atom is -0.488 e. The van der Waals surface area contributed by atoms with Gasteiger partial charge in [-0.1, -0.05) is 121 Å². The van der Waals surface area contributed by atoms with E-state index in [4.69, 9.17) is 27.7 Å². The van der Waals surface area contributed by atoms with Crippen LogP contribution in [0.15, 0.2) is 54.4 Å². The molecule has 1 aromatic carbocycles. The van der Waals surface area contributed by atoms with Crippen LogP contribution >= 0.6 is 0 Å². The molecule has 0 radical (unpaired) electrons. The molecule has 0 aromatic heterocycles. The predicted octanol–water partition coefficient (Wildman–Crippen LogP) is 12.3. The molecule has 0 heterocycles. The van der Waals surface area contributed by atoms with Crippen LogP contribution in [-0.4, -0.2) is 6.10 Å². The Hall–Kier alpha value is -2.56. The number of hydrogen-bond donors (Lipinski definition) is 4. The van der Waals surface area contributed by atoms with Gasteiger partial charge in [-0.25, -0.2) is 0 Å². The van der Waals surface area contributed by atoms with Crippen molar-refractivity contribution in [2.45, 2.75) is 160 Å². The van der Waals surface area contributed by atoms with Crippen molar-refractivity contribution >= 4 is 11.4 Å². The van der Waals surface area contributed by atoms with E-state index in [0.717, 1.165) is 66.2 Å². The van der Waals surface area contributed by atoms with E-state index in [1.807, 2.05) is 66.7 Å². The molecule has 3 fully saturated rings. The Morgan fingerprint density at radius 3 is 2.06 bits per heavy atom.